The summed E-state index contributed by atoms with van der Waals surface area (Å²) >= 11 is 2.25. The molecule has 1 amide bonds. The van der Waals surface area contributed by atoms with Crippen molar-refractivity contribution in [2.24, 2.45) is 0 Å². The molecule has 0 spiro atoms. The van der Waals surface area contributed by atoms with Gasteiger partial charge in [-0.15, -0.1) is 0 Å². The van der Waals surface area contributed by atoms with Crippen LogP contribution in [-0.4, -0.2) is 28.5 Å². The largest absolute Gasteiger partial charge is 0.344 e. The van der Waals surface area contributed by atoms with Gasteiger partial charge in [0.2, 0.25) is 5.91 Å². The Labute approximate surface area is 159 Å². The Bertz CT molecular complexity index is 907. The molecule has 2 aromatic carbocycles. The van der Waals surface area contributed by atoms with Crippen molar-refractivity contribution < 1.29 is 4.79 Å². The van der Waals surface area contributed by atoms with Crippen LogP contribution in [0.4, 0.5) is 11.5 Å². The first-order chi connectivity index (χ1) is 12.2. The summed E-state index contributed by atoms with van der Waals surface area (Å²) in [4.78, 5) is 23.7. The second kappa shape index (κ2) is 6.95. The standard InChI is InChI=1S/C19H17IN4O/c20-13-7-9-14(10-8-13)23-19(25)17-6-3-11-24(17)18-15-4-1-2-5-16(15)21-12-22-18/h1-2,4-5,7-10,12,17H,3,6,11H2,(H,23,25). The molecule has 5 nitrogen and oxygen atoms in total. The maximum Gasteiger partial charge on any atom is 0.247 e. The Hall–Kier alpha value is -2.22. The first-order valence-electron chi connectivity index (χ1n) is 8.25. The number of para-hydroxylation sites is 1. The third-order valence-electron chi connectivity index (χ3n) is 4.46. The van der Waals surface area contributed by atoms with Crippen LogP contribution in [0.1, 0.15) is 12.8 Å². The molecule has 0 aliphatic carbocycles. The van der Waals surface area contributed by atoms with Crippen molar-refractivity contribution in [2.75, 3.05) is 16.8 Å². The van der Waals surface area contributed by atoms with Gasteiger partial charge in [-0.3, -0.25) is 4.79 Å². The van der Waals surface area contributed by atoms with Crippen molar-refractivity contribution in [1.29, 1.82) is 0 Å². The fraction of sp³-hybridized carbons (Fsp3) is 0.211. The maximum absolute atomic E-state index is 12.8. The first kappa shape index (κ1) is 16.3. The topological polar surface area (TPSA) is 58.1 Å². The number of nitrogens with zero attached hydrogens (tertiary/aromatic N) is 3. The smallest absolute Gasteiger partial charge is 0.247 e. The molecule has 1 aliphatic rings. The lowest BCUT2D eigenvalue weighted by Crippen LogP contribution is -2.40. The van der Waals surface area contributed by atoms with E-state index in [4.69, 9.17) is 0 Å². The monoisotopic (exact) mass is 444 g/mol. The summed E-state index contributed by atoms with van der Waals surface area (Å²) < 4.78 is 1.14. The minimum atomic E-state index is -0.211. The van der Waals surface area contributed by atoms with E-state index in [9.17, 15) is 4.79 Å². The number of fused-ring (bicyclic) bond motifs is 1. The number of anilines is 2. The normalized spacial score (nSPS) is 17.0. The molecule has 0 bridgehead atoms. The zero-order valence-electron chi connectivity index (χ0n) is 13.5. The highest BCUT2D eigenvalue weighted by molar-refractivity contribution is 14.1. The molecule has 2 heterocycles. The molecule has 1 aromatic heterocycles. The van der Waals surface area contributed by atoms with Gasteiger partial charge in [-0.25, -0.2) is 9.97 Å². The van der Waals surface area contributed by atoms with Gasteiger partial charge < -0.3 is 10.2 Å². The summed E-state index contributed by atoms with van der Waals surface area (Å²) in [6.07, 6.45) is 3.38. The molecule has 0 radical (unpaired) electrons. The molecule has 126 valence electrons. The van der Waals surface area contributed by atoms with Crippen LogP contribution in [0.5, 0.6) is 0 Å². The third-order valence-corrected chi connectivity index (χ3v) is 5.18. The Morgan fingerprint density at radius 2 is 1.92 bits per heavy atom. The lowest BCUT2D eigenvalue weighted by atomic mass is 10.1. The minimum absolute atomic E-state index is 0.0152. The van der Waals surface area contributed by atoms with E-state index < -0.39 is 0 Å². The summed E-state index contributed by atoms with van der Waals surface area (Å²) in [5, 5.41) is 4.02. The zero-order chi connectivity index (χ0) is 17.2. The van der Waals surface area contributed by atoms with Gasteiger partial charge in [0.1, 0.15) is 18.2 Å². The molecule has 1 atom stereocenters. The van der Waals surface area contributed by atoms with Crippen LogP contribution in [-0.2, 0) is 4.79 Å². The van der Waals surface area contributed by atoms with Gasteiger partial charge in [0.25, 0.3) is 0 Å². The van der Waals surface area contributed by atoms with Crippen LogP contribution in [0.2, 0.25) is 0 Å². The summed E-state index contributed by atoms with van der Waals surface area (Å²) in [6.45, 7) is 0.825. The van der Waals surface area contributed by atoms with Gasteiger partial charge in [0.05, 0.1) is 5.52 Å². The van der Waals surface area contributed by atoms with Crippen LogP contribution in [0.25, 0.3) is 10.9 Å². The molecule has 25 heavy (non-hydrogen) atoms. The number of amides is 1. The second-order valence-electron chi connectivity index (χ2n) is 6.06. The first-order valence-corrected chi connectivity index (χ1v) is 9.33. The lowest BCUT2D eigenvalue weighted by Gasteiger charge is -2.25. The average Bonchev–Trinajstić information content (AvgIpc) is 3.13. The van der Waals surface area contributed by atoms with Gasteiger partial charge in [0.15, 0.2) is 0 Å². The van der Waals surface area contributed by atoms with Gasteiger partial charge in [-0.05, 0) is 71.8 Å². The number of hydrogen-bond acceptors (Lipinski definition) is 4. The molecule has 1 fully saturated rings. The highest BCUT2D eigenvalue weighted by atomic mass is 127. The van der Waals surface area contributed by atoms with Gasteiger partial charge in [0, 0.05) is 21.2 Å². The van der Waals surface area contributed by atoms with Crippen molar-refractivity contribution in [1.82, 2.24) is 9.97 Å². The summed E-state index contributed by atoms with van der Waals surface area (Å²) in [5.74, 6) is 0.854. The fourth-order valence-corrected chi connectivity index (χ4v) is 3.63. The van der Waals surface area contributed by atoms with E-state index in [0.717, 1.165) is 45.4 Å². The molecular weight excluding hydrogens is 427 g/mol. The number of nitrogens with one attached hydrogen (secondary N) is 1. The Balaban J connectivity index is 1.61. The Kier molecular flexibility index (Phi) is 4.52. The number of hydrogen-bond donors (Lipinski definition) is 1. The lowest BCUT2D eigenvalue weighted by molar-refractivity contribution is -0.117. The molecule has 6 heteroatoms. The molecule has 1 saturated heterocycles. The summed E-state index contributed by atoms with van der Waals surface area (Å²) in [5.41, 5.74) is 1.72. The number of carbonyl (C=O) groups is 1. The Morgan fingerprint density at radius 3 is 2.76 bits per heavy atom. The van der Waals surface area contributed by atoms with Crippen molar-refractivity contribution >= 4 is 50.9 Å². The highest BCUT2D eigenvalue weighted by Crippen LogP contribution is 2.30. The zero-order valence-corrected chi connectivity index (χ0v) is 15.7. The fourth-order valence-electron chi connectivity index (χ4n) is 3.27. The number of benzene rings is 2. The predicted octanol–water partition coefficient (Wildman–Crippen LogP) is 3.84. The van der Waals surface area contributed by atoms with Crippen LogP contribution < -0.4 is 10.2 Å². The van der Waals surface area contributed by atoms with Crippen LogP contribution in [0.3, 0.4) is 0 Å². The molecule has 1 unspecified atom stereocenters. The van der Waals surface area contributed by atoms with Crippen molar-refractivity contribution in [3.05, 3.63) is 58.4 Å². The second-order valence-corrected chi connectivity index (χ2v) is 7.31. The third kappa shape index (κ3) is 3.30. The molecule has 1 N–H and O–H groups in total. The van der Waals surface area contributed by atoms with Crippen LogP contribution in [0.15, 0.2) is 54.9 Å². The average molecular weight is 444 g/mol. The van der Waals surface area contributed by atoms with E-state index in [2.05, 4.69) is 42.8 Å². The quantitative estimate of drug-likeness (QED) is 0.624. The maximum atomic E-state index is 12.8. The number of aromatic nitrogens is 2. The van der Waals surface area contributed by atoms with Crippen molar-refractivity contribution in [3.8, 4) is 0 Å². The van der Waals surface area contributed by atoms with Gasteiger partial charge in [-0.1, -0.05) is 12.1 Å². The minimum Gasteiger partial charge on any atom is -0.344 e. The molecule has 1 aliphatic heterocycles. The summed E-state index contributed by atoms with van der Waals surface area (Å²) in [6, 6.07) is 15.5. The predicted molar refractivity (Wildman–Crippen MR) is 108 cm³/mol. The Morgan fingerprint density at radius 1 is 1.12 bits per heavy atom. The van der Waals surface area contributed by atoms with Crippen LogP contribution in [0, 0.1) is 3.57 Å². The SMILES string of the molecule is O=C(Nc1ccc(I)cc1)C1CCCN1c1ncnc2ccccc12. The molecule has 0 saturated carbocycles. The molecule has 4 rings (SSSR count). The van der Waals surface area contributed by atoms with Crippen molar-refractivity contribution in [2.45, 2.75) is 18.9 Å². The number of halogens is 1. The van der Waals surface area contributed by atoms with Gasteiger partial charge in [-0.2, -0.15) is 0 Å². The number of carbonyl (C=O) groups excluding carboxylic acids is 1. The van der Waals surface area contributed by atoms with E-state index in [1.54, 1.807) is 6.33 Å². The summed E-state index contributed by atoms with van der Waals surface area (Å²) in [7, 11) is 0. The molecular formula is C19H17IN4O. The number of rotatable bonds is 3. The van der Waals surface area contributed by atoms with E-state index in [0.29, 0.717) is 0 Å². The van der Waals surface area contributed by atoms with Crippen LogP contribution >= 0.6 is 22.6 Å². The molecule has 3 aromatic rings. The van der Waals surface area contributed by atoms with Gasteiger partial charge >= 0.3 is 0 Å². The van der Waals surface area contributed by atoms with E-state index in [1.807, 2.05) is 48.5 Å². The highest BCUT2D eigenvalue weighted by Gasteiger charge is 2.32. The van der Waals surface area contributed by atoms with E-state index in [-0.39, 0.29) is 11.9 Å². The van der Waals surface area contributed by atoms with E-state index in [1.165, 1.54) is 0 Å². The van der Waals surface area contributed by atoms with E-state index >= 15 is 0 Å². The van der Waals surface area contributed by atoms with Crippen molar-refractivity contribution in [3.63, 3.8) is 0 Å².